The van der Waals surface area contributed by atoms with Crippen molar-refractivity contribution in [3.8, 4) is 0 Å². The topological polar surface area (TPSA) is 152 Å². The van der Waals surface area contributed by atoms with E-state index in [1.807, 2.05) is 0 Å². The van der Waals surface area contributed by atoms with Gasteiger partial charge in [0.1, 0.15) is 12.7 Å². The summed E-state index contributed by atoms with van der Waals surface area (Å²) in [5, 5.41) is 8.84. The van der Waals surface area contributed by atoms with Gasteiger partial charge in [-0.25, -0.2) is 14.4 Å². The number of hydrogen-bond donors (Lipinski definition) is 1. The number of carboxylic acids is 1. The Balaban J connectivity index is 6.10. The van der Waals surface area contributed by atoms with Gasteiger partial charge in [0, 0.05) is 29.1 Å². The van der Waals surface area contributed by atoms with Gasteiger partial charge in [-0.1, -0.05) is 53.9 Å². The Hall–Kier alpha value is -3.47. The number of hydrogen-bond acceptors (Lipinski definition) is 10. The van der Waals surface area contributed by atoms with Crippen LogP contribution in [0.25, 0.3) is 0 Å². The molecule has 0 radical (unpaired) electrons. The molecule has 0 aliphatic heterocycles. The Bertz CT molecular complexity index is 879. The van der Waals surface area contributed by atoms with Crippen LogP contribution in [0.2, 0.25) is 0 Å². The van der Waals surface area contributed by atoms with Gasteiger partial charge in [-0.3, -0.25) is 9.59 Å². The smallest absolute Gasteiger partial charge is 0.333 e. The molecule has 0 saturated heterocycles. The Kier molecular flexibility index (Phi) is 13.5. The molecule has 0 saturated carbocycles. The first-order valence-electron chi connectivity index (χ1n) is 11.5. The van der Waals surface area contributed by atoms with Crippen LogP contribution in [0.5, 0.6) is 0 Å². The summed E-state index contributed by atoms with van der Waals surface area (Å²) in [6, 6.07) is 0. The minimum absolute atomic E-state index is 0.235. The summed E-state index contributed by atoms with van der Waals surface area (Å²) in [6.07, 6.45) is 2.59. The summed E-state index contributed by atoms with van der Waals surface area (Å²) in [7, 11) is 0. The fourth-order valence-corrected chi connectivity index (χ4v) is 2.70. The lowest BCUT2D eigenvalue weighted by atomic mass is 9.84. The van der Waals surface area contributed by atoms with Crippen molar-refractivity contribution in [1.82, 2.24) is 0 Å². The fourth-order valence-electron chi connectivity index (χ4n) is 2.70. The van der Waals surface area contributed by atoms with Crippen molar-refractivity contribution in [1.29, 1.82) is 0 Å². The molecular formula is C26H38O11. The molecule has 0 aromatic rings. The maximum atomic E-state index is 12.4. The first-order valence-corrected chi connectivity index (χ1v) is 11.5. The van der Waals surface area contributed by atoms with Crippen LogP contribution < -0.4 is 0 Å². The Morgan fingerprint density at radius 3 is 1.92 bits per heavy atom. The molecule has 2 unspecified atom stereocenters. The Morgan fingerprint density at radius 2 is 1.43 bits per heavy atom. The van der Waals surface area contributed by atoms with Crippen LogP contribution in [-0.4, -0.2) is 66.7 Å². The predicted molar refractivity (Wildman–Crippen MR) is 132 cm³/mol. The summed E-state index contributed by atoms with van der Waals surface area (Å²) in [5.74, 6) is -6.06. The van der Waals surface area contributed by atoms with Crippen LogP contribution in [0.3, 0.4) is 0 Å². The molecule has 0 aliphatic rings. The molecule has 0 heterocycles. The average molecular weight is 527 g/mol. The first-order chi connectivity index (χ1) is 17.0. The normalized spacial score (nSPS) is 14.1. The quantitative estimate of drug-likeness (QED) is 0.137. The van der Waals surface area contributed by atoms with E-state index in [1.54, 1.807) is 41.5 Å². The summed E-state index contributed by atoms with van der Waals surface area (Å²) >= 11 is 0. The minimum Gasteiger partial charge on any atom is -0.481 e. The molecule has 208 valence electrons. The first kappa shape index (κ1) is 33.5. The van der Waals surface area contributed by atoms with Gasteiger partial charge >= 0.3 is 29.8 Å². The largest absolute Gasteiger partial charge is 0.481 e. The summed E-state index contributed by atoms with van der Waals surface area (Å²) in [4.78, 5) is 59.0. The van der Waals surface area contributed by atoms with E-state index in [4.69, 9.17) is 28.8 Å². The van der Waals surface area contributed by atoms with E-state index >= 15 is 0 Å². The fraction of sp³-hybridized carbons (Fsp3) is 0.577. The summed E-state index contributed by atoms with van der Waals surface area (Å²) < 4.78 is 27.5. The van der Waals surface area contributed by atoms with Gasteiger partial charge in [0.2, 0.25) is 0 Å². The summed E-state index contributed by atoms with van der Waals surface area (Å²) in [5.41, 5.74) is -2.00. The number of rotatable bonds is 16. The van der Waals surface area contributed by atoms with E-state index in [0.29, 0.717) is 0 Å². The molecule has 2 atom stereocenters. The number of aliphatic carboxylic acids is 1. The lowest BCUT2D eigenvalue weighted by Crippen LogP contribution is -2.55. The second-order valence-corrected chi connectivity index (χ2v) is 9.72. The third kappa shape index (κ3) is 11.9. The molecule has 37 heavy (non-hydrogen) atoms. The maximum Gasteiger partial charge on any atom is 0.333 e. The third-order valence-corrected chi connectivity index (χ3v) is 5.19. The van der Waals surface area contributed by atoms with Crippen molar-refractivity contribution in [2.24, 2.45) is 10.8 Å². The zero-order valence-electron chi connectivity index (χ0n) is 22.4. The van der Waals surface area contributed by atoms with Crippen LogP contribution in [-0.2, 0) is 47.7 Å². The molecule has 0 spiro atoms. The molecule has 0 rings (SSSR count). The number of carbonyl (C=O) groups excluding carboxylic acids is 4. The highest BCUT2D eigenvalue weighted by molar-refractivity contribution is 5.83. The molecule has 0 aliphatic carbocycles. The summed E-state index contributed by atoms with van der Waals surface area (Å²) in [6.45, 7) is 15.6. The lowest BCUT2D eigenvalue weighted by Gasteiger charge is -2.44. The van der Waals surface area contributed by atoms with Gasteiger partial charge < -0.3 is 28.8 Å². The standard InChI is InChI=1S/C26H38O11/c1-9-12-23(32)37-26(24(4,5)6,17-34-21(30)11-3)35-16-25(7,8)18(15-33-20(29)10-2)36-22(31)14-13-19(27)28/h9-12,18H,2-3,13-17H2,1,4-8H3,(H,27,28). The molecule has 0 amide bonds. The number of carbonyl (C=O) groups is 5. The van der Waals surface area contributed by atoms with Crippen molar-refractivity contribution >= 4 is 29.8 Å². The van der Waals surface area contributed by atoms with Crippen molar-refractivity contribution in [2.75, 3.05) is 19.8 Å². The highest BCUT2D eigenvalue weighted by atomic mass is 16.7. The van der Waals surface area contributed by atoms with E-state index in [9.17, 15) is 24.0 Å². The average Bonchev–Trinajstić information content (AvgIpc) is 2.80. The van der Waals surface area contributed by atoms with Crippen molar-refractivity contribution in [2.45, 2.75) is 66.3 Å². The van der Waals surface area contributed by atoms with E-state index in [2.05, 4.69) is 13.2 Å². The maximum absolute atomic E-state index is 12.4. The molecule has 0 bridgehead atoms. The van der Waals surface area contributed by atoms with Gasteiger partial charge in [-0.2, -0.15) is 0 Å². The van der Waals surface area contributed by atoms with Crippen molar-refractivity contribution in [3.63, 3.8) is 0 Å². The molecule has 0 fully saturated rings. The van der Waals surface area contributed by atoms with Crippen LogP contribution in [0.15, 0.2) is 37.5 Å². The van der Waals surface area contributed by atoms with Crippen molar-refractivity contribution < 1.29 is 52.8 Å². The highest BCUT2D eigenvalue weighted by Crippen LogP contribution is 2.38. The number of ether oxygens (including phenoxy) is 5. The zero-order chi connectivity index (χ0) is 28.9. The van der Waals surface area contributed by atoms with Crippen LogP contribution in [0.1, 0.15) is 54.4 Å². The van der Waals surface area contributed by atoms with E-state index in [-0.39, 0.29) is 13.2 Å². The second-order valence-electron chi connectivity index (χ2n) is 9.72. The minimum atomic E-state index is -1.78. The van der Waals surface area contributed by atoms with Gasteiger partial charge in [-0.05, 0) is 6.92 Å². The number of carboxylic acid groups (broad SMARTS) is 1. The van der Waals surface area contributed by atoms with Crippen LogP contribution >= 0.6 is 0 Å². The van der Waals surface area contributed by atoms with Crippen molar-refractivity contribution in [3.05, 3.63) is 37.5 Å². The molecule has 0 aromatic carbocycles. The second kappa shape index (κ2) is 14.9. The van der Waals surface area contributed by atoms with Gasteiger partial charge in [-0.15, -0.1) is 0 Å². The molecule has 11 heteroatoms. The molecule has 1 N–H and O–H groups in total. The van der Waals surface area contributed by atoms with Gasteiger partial charge in [0.15, 0.2) is 6.61 Å². The Labute approximate surface area is 217 Å². The number of allylic oxidation sites excluding steroid dienone is 1. The SMILES string of the molecule is C=CC(=O)OCC(OC(=O)CCC(=O)O)C(C)(C)COC(COC(=O)C=C)(OC(=O)C=CC)C(C)(C)C. The predicted octanol–water partition coefficient (Wildman–Crippen LogP) is 3.13. The van der Waals surface area contributed by atoms with Gasteiger partial charge in [0.25, 0.3) is 5.79 Å². The monoisotopic (exact) mass is 526 g/mol. The Morgan fingerprint density at radius 1 is 0.865 bits per heavy atom. The number of esters is 4. The van der Waals surface area contributed by atoms with E-state index in [1.165, 1.54) is 12.2 Å². The van der Waals surface area contributed by atoms with Crippen LogP contribution in [0.4, 0.5) is 0 Å². The highest BCUT2D eigenvalue weighted by Gasteiger charge is 2.50. The van der Waals surface area contributed by atoms with Gasteiger partial charge in [0.05, 0.1) is 19.4 Å². The van der Waals surface area contributed by atoms with Crippen LogP contribution in [0, 0.1) is 10.8 Å². The lowest BCUT2D eigenvalue weighted by molar-refractivity contribution is -0.299. The molecular weight excluding hydrogens is 488 g/mol. The van der Waals surface area contributed by atoms with E-state index in [0.717, 1.165) is 12.2 Å². The third-order valence-electron chi connectivity index (χ3n) is 5.19. The molecule has 11 nitrogen and oxygen atoms in total. The molecule has 0 aromatic heterocycles. The van der Waals surface area contributed by atoms with E-state index < -0.39 is 72.0 Å². The zero-order valence-corrected chi connectivity index (χ0v) is 22.4.